The van der Waals surface area contributed by atoms with Gasteiger partial charge in [0.15, 0.2) is 21.4 Å². The summed E-state index contributed by atoms with van der Waals surface area (Å²) in [6.07, 6.45) is 10.7. The van der Waals surface area contributed by atoms with Gasteiger partial charge in [0.05, 0.1) is 22.1 Å². The number of rotatable bonds is 15. The zero-order chi connectivity index (χ0) is 37.3. The molecule has 3 saturated carbocycles. The van der Waals surface area contributed by atoms with Gasteiger partial charge in [-0.05, 0) is 94.8 Å². The van der Waals surface area contributed by atoms with Crippen molar-refractivity contribution in [2.24, 2.45) is 28.6 Å². The number of likely N-dealkylation sites (tertiary alicyclic amines) is 1. The molecule has 11 heteroatoms. The van der Waals surface area contributed by atoms with Crippen LogP contribution in [0.1, 0.15) is 138 Å². The lowest BCUT2D eigenvalue weighted by atomic mass is 9.82. The van der Waals surface area contributed by atoms with Crippen molar-refractivity contribution in [2.45, 2.75) is 161 Å². The summed E-state index contributed by atoms with van der Waals surface area (Å²) >= 11 is 0. The Bertz CT molecular complexity index is 1430. The molecule has 3 amide bonds. The number of Topliss-reactive ketones (excluding diaryl/α,β-unsaturated/α-hetero) is 3. The lowest BCUT2D eigenvalue weighted by Crippen LogP contribution is -2.63. The van der Waals surface area contributed by atoms with E-state index in [2.05, 4.69) is 17.2 Å². The Kier molecular flexibility index (Phi) is 12.2. The number of allylic oxidation sites excluding steroid dienone is 1. The second-order valence-electron chi connectivity index (χ2n) is 18.0. The molecule has 1 aliphatic heterocycles. The van der Waals surface area contributed by atoms with Gasteiger partial charge in [0.25, 0.3) is 0 Å². The highest BCUT2D eigenvalue weighted by atomic mass is 32.2. The number of nitrogens with zero attached hydrogens (tertiary/aromatic N) is 1. The van der Waals surface area contributed by atoms with Crippen LogP contribution in [0.3, 0.4) is 0 Å². The molecule has 1 unspecified atom stereocenters. The van der Waals surface area contributed by atoms with Gasteiger partial charge in [-0.1, -0.05) is 59.5 Å². The topological polar surface area (TPSA) is 147 Å². The zero-order valence-electron chi connectivity index (χ0n) is 31.7. The fourth-order valence-corrected chi connectivity index (χ4v) is 10.5. The van der Waals surface area contributed by atoms with Crippen molar-refractivity contribution in [2.75, 3.05) is 12.3 Å². The van der Waals surface area contributed by atoms with E-state index in [9.17, 15) is 32.4 Å². The standard InChI is InChI=1S/C39H63N3O7S/c1-9-11-16-29(43)32(45)26(15-10-2)23-30(44)31-27-17-20-38(21-22-38)28(27)24-42(31)34(46)33(36(3,4)5)40-35(47)41-39(18-13-12-14-19-39)25-50(48,49)37(6,7)8/h9,26-28,31,33H,1,10-25H2,2-8H3,(H2,40,41,47)/t26?,27-,28-,31-,33+/m0/s1. The van der Waals surface area contributed by atoms with Crippen molar-refractivity contribution in [3.63, 3.8) is 0 Å². The molecule has 10 nitrogen and oxygen atoms in total. The molecular weight excluding hydrogens is 655 g/mol. The Balaban J connectivity index is 1.59. The van der Waals surface area contributed by atoms with Crippen molar-refractivity contribution < 1.29 is 32.4 Å². The molecule has 0 aromatic rings. The summed E-state index contributed by atoms with van der Waals surface area (Å²) in [4.78, 5) is 70.5. The van der Waals surface area contributed by atoms with Crippen LogP contribution in [-0.2, 0) is 29.0 Å². The molecule has 50 heavy (non-hydrogen) atoms. The number of hydrogen-bond donors (Lipinski definition) is 2. The summed E-state index contributed by atoms with van der Waals surface area (Å²) in [5.74, 6) is -2.27. The van der Waals surface area contributed by atoms with E-state index in [1.165, 1.54) is 0 Å². The second-order valence-corrected chi connectivity index (χ2v) is 20.7. The van der Waals surface area contributed by atoms with Gasteiger partial charge in [-0.25, -0.2) is 13.2 Å². The van der Waals surface area contributed by atoms with Crippen molar-refractivity contribution in [1.29, 1.82) is 0 Å². The summed E-state index contributed by atoms with van der Waals surface area (Å²) in [5.41, 5.74) is -1.52. The minimum Gasteiger partial charge on any atom is -0.332 e. The molecule has 0 bridgehead atoms. The number of nitrogens with one attached hydrogen (secondary N) is 2. The van der Waals surface area contributed by atoms with Crippen molar-refractivity contribution in [3.8, 4) is 0 Å². The quantitative estimate of drug-likeness (QED) is 0.153. The van der Waals surface area contributed by atoms with Gasteiger partial charge >= 0.3 is 6.03 Å². The van der Waals surface area contributed by atoms with Gasteiger partial charge in [-0.2, -0.15) is 0 Å². The monoisotopic (exact) mass is 717 g/mol. The minimum atomic E-state index is -3.55. The van der Waals surface area contributed by atoms with Crippen molar-refractivity contribution >= 4 is 39.1 Å². The average Bonchev–Trinajstić information content (AvgIpc) is 3.58. The maximum absolute atomic E-state index is 14.7. The number of hydrogen-bond acceptors (Lipinski definition) is 7. The van der Waals surface area contributed by atoms with Crippen LogP contribution in [0.4, 0.5) is 4.79 Å². The SMILES string of the molecule is C=CCCC(=O)C(=O)C(CCC)CC(=O)[C@@H]1[C@H]2CCC3(CC3)[C@H]2CN1C(=O)[C@@H](NC(=O)NC1(CS(=O)(=O)C(C)(C)C)CCCCC1)C(C)(C)C. The van der Waals surface area contributed by atoms with E-state index < -0.39 is 61.1 Å². The van der Waals surface area contributed by atoms with Crippen LogP contribution in [-0.4, -0.2) is 77.3 Å². The largest absolute Gasteiger partial charge is 0.332 e. The third kappa shape index (κ3) is 8.72. The zero-order valence-corrected chi connectivity index (χ0v) is 32.5. The van der Waals surface area contributed by atoms with E-state index in [0.717, 1.165) is 44.9 Å². The fraction of sp³-hybridized carbons (Fsp3) is 0.821. The number of sulfone groups is 1. The maximum Gasteiger partial charge on any atom is 0.315 e. The average molecular weight is 718 g/mol. The molecule has 1 saturated heterocycles. The first-order valence-corrected chi connectivity index (χ1v) is 20.7. The van der Waals surface area contributed by atoms with E-state index >= 15 is 0 Å². The summed E-state index contributed by atoms with van der Waals surface area (Å²) in [6.45, 7) is 16.6. The Morgan fingerprint density at radius 1 is 0.960 bits per heavy atom. The molecule has 0 aromatic carbocycles. The number of amides is 3. The van der Waals surface area contributed by atoms with Gasteiger partial charge in [0.1, 0.15) is 6.04 Å². The third-order valence-electron chi connectivity index (χ3n) is 12.2. The Morgan fingerprint density at radius 3 is 2.14 bits per heavy atom. The molecule has 4 fully saturated rings. The van der Waals surface area contributed by atoms with E-state index in [0.29, 0.717) is 38.6 Å². The summed E-state index contributed by atoms with van der Waals surface area (Å²) < 4.78 is 25.7. The van der Waals surface area contributed by atoms with Gasteiger partial charge in [0, 0.05) is 25.3 Å². The van der Waals surface area contributed by atoms with Crippen LogP contribution in [0.2, 0.25) is 0 Å². The Labute approximate surface area is 300 Å². The molecule has 1 spiro atoms. The molecule has 4 aliphatic rings. The summed E-state index contributed by atoms with van der Waals surface area (Å²) in [5, 5.41) is 5.99. The first kappa shape index (κ1) is 40.2. The predicted octanol–water partition coefficient (Wildman–Crippen LogP) is 6.11. The van der Waals surface area contributed by atoms with Gasteiger partial charge in [0.2, 0.25) is 11.7 Å². The highest BCUT2D eigenvalue weighted by molar-refractivity contribution is 7.92. The Morgan fingerprint density at radius 2 is 1.60 bits per heavy atom. The van der Waals surface area contributed by atoms with E-state index in [1.54, 1.807) is 31.7 Å². The predicted molar refractivity (Wildman–Crippen MR) is 195 cm³/mol. The highest BCUT2D eigenvalue weighted by Gasteiger charge is 2.64. The number of carbonyl (C=O) groups excluding carboxylic acids is 5. The minimum absolute atomic E-state index is 0.0228. The van der Waals surface area contributed by atoms with Crippen LogP contribution in [0.5, 0.6) is 0 Å². The molecule has 4 rings (SSSR count). The van der Waals surface area contributed by atoms with Crippen LogP contribution in [0.25, 0.3) is 0 Å². The lowest BCUT2D eigenvalue weighted by Gasteiger charge is -2.41. The van der Waals surface area contributed by atoms with Gasteiger partial charge in [-0.15, -0.1) is 6.58 Å². The molecule has 0 radical (unpaired) electrons. The first-order valence-electron chi connectivity index (χ1n) is 19.0. The van der Waals surface area contributed by atoms with Crippen LogP contribution >= 0.6 is 0 Å². The first-order chi connectivity index (χ1) is 23.2. The van der Waals surface area contributed by atoms with Gasteiger partial charge < -0.3 is 15.5 Å². The van der Waals surface area contributed by atoms with Crippen LogP contribution in [0.15, 0.2) is 12.7 Å². The van der Waals surface area contributed by atoms with Crippen LogP contribution in [0, 0.1) is 28.6 Å². The molecule has 3 aliphatic carbocycles. The molecule has 0 aromatic heterocycles. The Hall–Kier alpha value is -2.56. The number of fused-ring (bicyclic) bond motifs is 2. The van der Waals surface area contributed by atoms with E-state index in [4.69, 9.17) is 0 Å². The fourth-order valence-electron chi connectivity index (χ4n) is 8.94. The molecule has 5 atom stereocenters. The summed E-state index contributed by atoms with van der Waals surface area (Å²) in [7, 11) is -3.55. The normalized spacial score (nSPS) is 25.3. The molecular formula is C39H63N3O7S. The maximum atomic E-state index is 14.7. The van der Waals surface area contributed by atoms with E-state index in [1.807, 2.05) is 27.7 Å². The van der Waals surface area contributed by atoms with Gasteiger partial charge in [-0.3, -0.25) is 19.2 Å². The number of urea groups is 1. The third-order valence-corrected chi connectivity index (χ3v) is 15.0. The molecule has 2 N–H and O–H groups in total. The smallest absolute Gasteiger partial charge is 0.315 e. The number of carbonyl (C=O) groups is 5. The van der Waals surface area contributed by atoms with Crippen molar-refractivity contribution in [1.82, 2.24) is 15.5 Å². The second kappa shape index (κ2) is 15.2. The van der Waals surface area contributed by atoms with Crippen molar-refractivity contribution in [3.05, 3.63) is 12.7 Å². The lowest BCUT2D eigenvalue weighted by molar-refractivity contribution is -0.144. The summed E-state index contributed by atoms with van der Waals surface area (Å²) in [6, 6.07) is -2.30. The van der Waals surface area contributed by atoms with E-state index in [-0.39, 0.29) is 47.5 Å². The van der Waals surface area contributed by atoms with Crippen LogP contribution < -0.4 is 10.6 Å². The molecule has 282 valence electrons. The molecule has 1 heterocycles. The number of ketones is 3. The highest BCUT2D eigenvalue weighted by Crippen LogP contribution is 2.66.